The normalized spacial score (nSPS) is 11.4. The van der Waals surface area contributed by atoms with E-state index < -0.39 is 0 Å². The second kappa shape index (κ2) is 4.45. The Morgan fingerprint density at radius 1 is 1.36 bits per heavy atom. The first kappa shape index (κ1) is 11.0. The SMILES string of the molecule is CCCC(C)(C)c1cncc(OC)c1. The Hall–Kier alpha value is -1.05. The van der Waals surface area contributed by atoms with Gasteiger partial charge in [-0.2, -0.15) is 0 Å². The summed E-state index contributed by atoms with van der Waals surface area (Å²) in [5.74, 6) is 0.840. The highest BCUT2D eigenvalue weighted by Gasteiger charge is 2.19. The number of aromatic nitrogens is 1. The zero-order valence-corrected chi connectivity index (χ0v) is 9.50. The molecule has 1 aromatic heterocycles. The van der Waals surface area contributed by atoms with E-state index in [1.54, 1.807) is 13.3 Å². The van der Waals surface area contributed by atoms with E-state index in [1.165, 1.54) is 18.4 Å². The summed E-state index contributed by atoms with van der Waals surface area (Å²) in [6, 6.07) is 2.07. The first-order valence-corrected chi connectivity index (χ1v) is 5.09. The van der Waals surface area contributed by atoms with E-state index in [1.807, 2.05) is 6.20 Å². The highest BCUT2D eigenvalue weighted by molar-refractivity contribution is 5.28. The lowest BCUT2D eigenvalue weighted by molar-refractivity contribution is 0.407. The molecule has 0 amide bonds. The van der Waals surface area contributed by atoms with Crippen molar-refractivity contribution in [2.75, 3.05) is 7.11 Å². The molecule has 1 rings (SSSR count). The van der Waals surface area contributed by atoms with Crippen LogP contribution in [-0.2, 0) is 5.41 Å². The summed E-state index contributed by atoms with van der Waals surface area (Å²) >= 11 is 0. The molecule has 0 aromatic carbocycles. The van der Waals surface area contributed by atoms with Crippen molar-refractivity contribution >= 4 is 0 Å². The third kappa shape index (κ3) is 2.47. The van der Waals surface area contributed by atoms with Crippen LogP contribution in [0.1, 0.15) is 39.2 Å². The number of hydrogen-bond donors (Lipinski definition) is 0. The Bertz CT molecular complexity index is 294. The molecule has 0 bridgehead atoms. The van der Waals surface area contributed by atoms with E-state index in [4.69, 9.17) is 4.74 Å². The lowest BCUT2D eigenvalue weighted by atomic mass is 9.81. The van der Waals surface area contributed by atoms with E-state index in [9.17, 15) is 0 Å². The summed E-state index contributed by atoms with van der Waals surface area (Å²) in [5.41, 5.74) is 1.44. The molecule has 0 unspecified atom stereocenters. The smallest absolute Gasteiger partial charge is 0.137 e. The average molecular weight is 193 g/mol. The standard InChI is InChI=1S/C12H19NO/c1-5-6-12(2,3)10-7-11(14-4)9-13-8-10/h7-9H,5-6H2,1-4H3. The third-order valence-corrected chi connectivity index (χ3v) is 2.61. The summed E-state index contributed by atoms with van der Waals surface area (Å²) in [4.78, 5) is 4.18. The van der Waals surface area contributed by atoms with Gasteiger partial charge >= 0.3 is 0 Å². The van der Waals surface area contributed by atoms with Gasteiger partial charge in [0.05, 0.1) is 13.3 Å². The van der Waals surface area contributed by atoms with Gasteiger partial charge < -0.3 is 4.74 Å². The number of pyridine rings is 1. The third-order valence-electron chi connectivity index (χ3n) is 2.61. The van der Waals surface area contributed by atoms with Crippen LogP contribution in [0.15, 0.2) is 18.5 Å². The Balaban J connectivity index is 2.93. The largest absolute Gasteiger partial charge is 0.495 e. The van der Waals surface area contributed by atoms with Gasteiger partial charge in [0.25, 0.3) is 0 Å². The first-order chi connectivity index (χ1) is 6.60. The molecule has 2 nitrogen and oxygen atoms in total. The number of ether oxygens (including phenoxy) is 1. The molecular weight excluding hydrogens is 174 g/mol. The molecule has 0 N–H and O–H groups in total. The molecule has 0 saturated carbocycles. The minimum Gasteiger partial charge on any atom is -0.495 e. The Kier molecular flexibility index (Phi) is 3.50. The van der Waals surface area contributed by atoms with E-state index in [-0.39, 0.29) is 5.41 Å². The van der Waals surface area contributed by atoms with E-state index in [0.717, 1.165) is 5.75 Å². The fourth-order valence-electron chi connectivity index (χ4n) is 1.67. The number of methoxy groups -OCH3 is 1. The van der Waals surface area contributed by atoms with Crippen LogP contribution in [0.5, 0.6) is 5.75 Å². The van der Waals surface area contributed by atoms with Crippen LogP contribution in [0.25, 0.3) is 0 Å². The Labute approximate surface area is 86.3 Å². The quantitative estimate of drug-likeness (QED) is 0.732. The van der Waals surface area contributed by atoms with Crippen molar-refractivity contribution in [2.45, 2.75) is 39.0 Å². The topological polar surface area (TPSA) is 22.1 Å². The second-order valence-corrected chi connectivity index (χ2v) is 4.25. The number of nitrogens with zero attached hydrogens (tertiary/aromatic N) is 1. The van der Waals surface area contributed by atoms with Crippen molar-refractivity contribution in [3.05, 3.63) is 24.0 Å². The van der Waals surface area contributed by atoms with Gasteiger partial charge in [0.15, 0.2) is 0 Å². The van der Waals surface area contributed by atoms with Crippen LogP contribution in [0.3, 0.4) is 0 Å². The van der Waals surface area contributed by atoms with Crippen molar-refractivity contribution in [1.82, 2.24) is 4.98 Å². The fraction of sp³-hybridized carbons (Fsp3) is 0.583. The monoisotopic (exact) mass is 193 g/mol. The second-order valence-electron chi connectivity index (χ2n) is 4.25. The molecule has 1 heterocycles. The molecule has 0 aliphatic carbocycles. The van der Waals surface area contributed by atoms with Gasteiger partial charge in [0, 0.05) is 6.20 Å². The van der Waals surface area contributed by atoms with Gasteiger partial charge in [0.1, 0.15) is 5.75 Å². The molecule has 0 radical (unpaired) electrons. The zero-order valence-electron chi connectivity index (χ0n) is 9.50. The molecule has 1 aromatic rings. The maximum atomic E-state index is 5.17. The van der Waals surface area contributed by atoms with E-state index in [0.29, 0.717) is 0 Å². The molecule has 78 valence electrons. The van der Waals surface area contributed by atoms with Crippen molar-refractivity contribution < 1.29 is 4.74 Å². The van der Waals surface area contributed by atoms with Crippen molar-refractivity contribution in [1.29, 1.82) is 0 Å². The van der Waals surface area contributed by atoms with Crippen molar-refractivity contribution in [3.63, 3.8) is 0 Å². The minimum absolute atomic E-state index is 0.191. The van der Waals surface area contributed by atoms with Gasteiger partial charge in [-0.15, -0.1) is 0 Å². The molecule has 0 spiro atoms. The highest BCUT2D eigenvalue weighted by Crippen LogP contribution is 2.29. The molecule has 2 heteroatoms. The van der Waals surface area contributed by atoms with Gasteiger partial charge in [-0.25, -0.2) is 0 Å². The molecule has 0 saturated heterocycles. The van der Waals surface area contributed by atoms with Gasteiger partial charge in [-0.1, -0.05) is 27.2 Å². The van der Waals surface area contributed by atoms with Crippen LogP contribution in [0.4, 0.5) is 0 Å². The predicted octanol–water partition coefficient (Wildman–Crippen LogP) is 3.17. The maximum absolute atomic E-state index is 5.17. The van der Waals surface area contributed by atoms with Crippen LogP contribution < -0.4 is 4.74 Å². The van der Waals surface area contributed by atoms with Crippen molar-refractivity contribution in [2.24, 2.45) is 0 Å². The van der Waals surface area contributed by atoms with Gasteiger partial charge in [-0.3, -0.25) is 4.98 Å². The van der Waals surface area contributed by atoms with Crippen LogP contribution >= 0.6 is 0 Å². The molecular formula is C12H19NO. The molecule has 0 aliphatic heterocycles. The first-order valence-electron chi connectivity index (χ1n) is 5.09. The zero-order chi connectivity index (χ0) is 10.6. The summed E-state index contributed by atoms with van der Waals surface area (Å²) in [6.07, 6.45) is 6.02. The molecule has 0 fully saturated rings. The van der Waals surface area contributed by atoms with Crippen LogP contribution in [0.2, 0.25) is 0 Å². The van der Waals surface area contributed by atoms with E-state index in [2.05, 4.69) is 31.8 Å². The van der Waals surface area contributed by atoms with E-state index >= 15 is 0 Å². The minimum atomic E-state index is 0.191. The Morgan fingerprint density at radius 3 is 2.64 bits per heavy atom. The predicted molar refractivity (Wildman–Crippen MR) is 58.7 cm³/mol. The lowest BCUT2D eigenvalue weighted by Gasteiger charge is -2.24. The fourth-order valence-corrected chi connectivity index (χ4v) is 1.67. The lowest BCUT2D eigenvalue weighted by Crippen LogP contribution is -2.16. The van der Waals surface area contributed by atoms with Gasteiger partial charge in [0.2, 0.25) is 0 Å². The highest BCUT2D eigenvalue weighted by atomic mass is 16.5. The molecule has 0 atom stereocenters. The van der Waals surface area contributed by atoms with Gasteiger partial charge in [-0.05, 0) is 23.5 Å². The summed E-state index contributed by atoms with van der Waals surface area (Å²) in [5, 5.41) is 0. The number of hydrogen-bond acceptors (Lipinski definition) is 2. The summed E-state index contributed by atoms with van der Waals surface area (Å²) in [7, 11) is 1.67. The maximum Gasteiger partial charge on any atom is 0.137 e. The summed E-state index contributed by atoms with van der Waals surface area (Å²) < 4.78 is 5.17. The van der Waals surface area contributed by atoms with Crippen LogP contribution in [-0.4, -0.2) is 12.1 Å². The summed E-state index contributed by atoms with van der Waals surface area (Å²) in [6.45, 7) is 6.69. The average Bonchev–Trinajstić information content (AvgIpc) is 2.18. The van der Waals surface area contributed by atoms with Crippen molar-refractivity contribution in [3.8, 4) is 5.75 Å². The van der Waals surface area contributed by atoms with Crippen LogP contribution in [0, 0.1) is 0 Å². The number of rotatable bonds is 4. The Morgan fingerprint density at radius 2 is 2.07 bits per heavy atom. The molecule has 14 heavy (non-hydrogen) atoms. The molecule has 0 aliphatic rings.